The standard InChI is InChI=1S/C24H25F2N3O2S/c1-27-12-5-13-28-17-20-16-21(25)9-11-23(20)29(32(28,30)31)24-10-8-19(15-22(24)26)14-18-6-3-2-4-7-18/h2-4,6-11,15-16,27H,5,12-14,17H2,1H3. The number of anilines is 2. The monoisotopic (exact) mass is 457 g/mol. The molecule has 1 aliphatic heterocycles. The van der Waals surface area contributed by atoms with Crippen molar-refractivity contribution in [2.75, 3.05) is 24.4 Å². The fraction of sp³-hybridized carbons (Fsp3) is 0.250. The summed E-state index contributed by atoms with van der Waals surface area (Å²) in [6.07, 6.45) is 1.11. The third kappa shape index (κ3) is 4.53. The van der Waals surface area contributed by atoms with Gasteiger partial charge in [-0.05, 0) is 73.5 Å². The van der Waals surface area contributed by atoms with Crippen LogP contribution < -0.4 is 9.62 Å². The lowest BCUT2D eigenvalue weighted by atomic mass is 10.0. The molecule has 32 heavy (non-hydrogen) atoms. The van der Waals surface area contributed by atoms with E-state index < -0.39 is 21.8 Å². The maximum Gasteiger partial charge on any atom is 0.308 e. The number of benzene rings is 3. The molecule has 0 atom stereocenters. The van der Waals surface area contributed by atoms with Gasteiger partial charge in [-0.15, -0.1) is 0 Å². The van der Waals surface area contributed by atoms with Crippen LogP contribution in [0.2, 0.25) is 0 Å². The Morgan fingerprint density at radius 3 is 2.41 bits per heavy atom. The highest BCUT2D eigenvalue weighted by Crippen LogP contribution is 2.40. The van der Waals surface area contributed by atoms with Crippen LogP contribution in [0.25, 0.3) is 0 Å². The van der Waals surface area contributed by atoms with Crippen molar-refractivity contribution in [2.45, 2.75) is 19.4 Å². The average Bonchev–Trinajstić information content (AvgIpc) is 2.76. The number of nitrogens with one attached hydrogen (secondary N) is 1. The van der Waals surface area contributed by atoms with Crippen LogP contribution in [-0.4, -0.2) is 32.9 Å². The molecule has 0 amide bonds. The van der Waals surface area contributed by atoms with E-state index in [4.69, 9.17) is 0 Å². The van der Waals surface area contributed by atoms with Gasteiger partial charge in [-0.25, -0.2) is 13.1 Å². The SMILES string of the molecule is CNCCCN1Cc2cc(F)ccc2N(c2ccc(Cc3ccccc3)cc2F)S1(=O)=O. The number of hydrogen-bond donors (Lipinski definition) is 1. The van der Waals surface area contributed by atoms with Crippen LogP contribution in [0.15, 0.2) is 66.7 Å². The number of hydrogen-bond acceptors (Lipinski definition) is 3. The first kappa shape index (κ1) is 22.4. The first-order valence-electron chi connectivity index (χ1n) is 10.5. The van der Waals surface area contributed by atoms with Crippen molar-refractivity contribution in [3.8, 4) is 0 Å². The lowest BCUT2D eigenvalue weighted by molar-refractivity contribution is 0.391. The summed E-state index contributed by atoms with van der Waals surface area (Å²) in [5.41, 5.74) is 2.45. The van der Waals surface area contributed by atoms with Gasteiger partial charge in [0.2, 0.25) is 0 Å². The van der Waals surface area contributed by atoms with E-state index >= 15 is 4.39 Å². The minimum atomic E-state index is -4.04. The molecule has 8 heteroatoms. The summed E-state index contributed by atoms with van der Waals surface area (Å²) in [5, 5.41) is 2.99. The van der Waals surface area contributed by atoms with Gasteiger partial charge in [0.05, 0.1) is 11.4 Å². The van der Waals surface area contributed by atoms with Gasteiger partial charge in [0.1, 0.15) is 11.6 Å². The highest BCUT2D eigenvalue weighted by Gasteiger charge is 2.38. The van der Waals surface area contributed by atoms with E-state index in [1.54, 1.807) is 13.1 Å². The Bertz CT molecular complexity index is 1200. The summed E-state index contributed by atoms with van der Waals surface area (Å²) >= 11 is 0. The molecule has 1 aliphatic rings. The molecule has 0 bridgehead atoms. The molecule has 0 fully saturated rings. The van der Waals surface area contributed by atoms with Gasteiger partial charge in [-0.2, -0.15) is 12.7 Å². The smallest absolute Gasteiger partial charge is 0.308 e. The second-order valence-electron chi connectivity index (χ2n) is 7.78. The van der Waals surface area contributed by atoms with E-state index in [1.807, 2.05) is 30.3 Å². The maximum absolute atomic E-state index is 15.3. The van der Waals surface area contributed by atoms with Crippen molar-refractivity contribution in [3.05, 3.63) is 95.1 Å². The van der Waals surface area contributed by atoms with E-state index in [0.717, 1.165) is 15.4 Å². The summed E-state index contributed by atoms with van der Waals surface area (Å²) < 4.78 is 58.4. The highest BCUT2D eigenvalue weighted by atomic mass is 32.2. The molecule has 3 aromatic rings. The van der Waals surface area contributed by atoms with Gasteiger partial charge in [0, 0.05) is 13.1 Å². The fourth-order valence-corrected chi connectivity index (χ4v) is 5.64. The van der Waals surface area contributed by atoms with Crippen LogP contribution in [0.4, 0.5) is 20.2 Å². The maximum atomic E-state index is 15.3. The zero-order valence-electron chi connectivity index (χ0n) is 17.8. The van der Waals surface area contributed by atoms with Crippen LogP contribution in [0.1, 0.15) is 23.1 Å². The van der Waals surface area contributed by atoms with Crippen LogP contribution in [-0.2, 0) is 23.2 Å². The number of fused-ring (bicyclic) bond motifs is 1. The number of rotatable bonds is 7. The Labute approximate surface area is 187 Å². The minimum Gasteiger partial charge on any atom is -0.320 e. The van der Waals surface area contributed by atoms with Crippen molar-refractivity contribution >= 4 is 21.6 Å². The van der Waals surface area contributed by atoms with Crippen LogP contribution in [0.3, 0.4) is 0 Å². The van der Waals surface area contributed by atoms with Crippen molar-refractivity contribution in [3.63, 3.8) is 0 Å². The zero-order chi connectivity index (χ0) is 22.7. The summed E-state index contributed by atoms with van der Waals surface area (Å²) in [4.78, 5) is 0. The second kappa shape index (κ2) is 9.36. The lowest BCUT2D eigenvalue weighted by Crippen LogP contribution is -2.46. The van der Waals surface area contributed by atoms with Gasteiger partial charge >= 0.3 is 10.2 Å². The van der Waals surface area contributed by atoms with Crippen molar-refractivity contribution < 1.29 is 17.2 Å². The van der Waals surface area contributed by atoms with Gasteiger partial charge in [0.25, 0.3) is 0 Å². The molecule has 0 aromatic heterocycles. The second-order valence-corrected chi connectivity index (χ2v) is 9.56. The van der Waals surface area contributed by atoms with E-state index in [9.17, 15) is 12.8 Å². The fourth-order valence-electron chi connectivity index (χ4n) is 3.93. The molecule has 168 valence electrons. The average molecular weight is 458 g/mol. The molecule has 0 saturated heterocycles. The summed E-state index contributed by atoms with van der Waals surface area (Å²) in [7, 11) is -2.26. The van der Waals surface area contributed by atoms with Crippen molar-refractivity contribution in [2.24, 2.45) is 0 Å². The largest absolute Gasteiger partial charge is 0.320 e. The molecule has 3 aromatic carbocycles. The molecule has 5 nitrogen and oxygen atoms in total. The van der Waals surface area contributed by atoms with E-state index in [2.05, 4.69) is 5.32 Å². The van der Waals surface area contributed by atoms with Gasteiger partial charge < -0.3 is 5.32 Å². The molecule has 0 aliphatic carbocycles. The van der Waals surface area contributed by atoms with Crippen molar-refractivity contribution in [1.29, 1.82) is 0 Å². The van der Waals surface area contributed by atoms with E-state index in [1.165, 1.54) is 34.6 Å². The lowest BCUT2D eigenvalue weighted by Gasteiger charge is -2.37. The van der Waals surface area contributed by atoms with Gasteiger partial charge in [0.15, 0.2) is 0 Å². The van der Waals surface area contributed by atoms with Crippen LogP contribution >= 0.6 is 0 Å². The molecule has 0 radical (unpaired) electrons. The molecule has 1 heterocycles. The van der Waals surface area contributed by atoms with Crippen LogP contribution in [0.5, 0.6) is 0 Å². The predicted molar refractivity (Wildman–Crippen MR) is 122 cm³/mol. The van der Waals surface area contributed by atoms with E-state index in [-0.39, 0.29) is 24.5 Å². The molecular weight excluding hydrogens is 432 g/mol. The Balaban J connectivity index is 1.73. The normalized spacial score (nSPS) is 15.5. The Morgan fingerprint density at radius 2 is 1.69 bits per heavy atom. The molecule has 0 spiro atoms. The van der Waals surface area contributed by atoms with Crippen molar-refractivity contribution in [1.82, 2.24) is 9.62 Å². The third-order valence-corrected chi connectivity index (χ3v) is 7.30. The topological polar surface area (TPSA) is 52.6 Å². The first-order chi connectivity index (χ1) is 15.4. The zero-order valence-corrected chi connectivity index (χ0v) is 18.6. The number of nitrogens with zero attached hydrogens (tertiary/aromatic N) is 2. The minimum absolute atomic E-state index is 0.0450. The van der Waals surface area contributed by atoms with Gasteiger partial charge in [-0.1, -0.05) is 36.4 Å². The molecular formula is C24H25F2N3O2S. The summed E-state index contributed by atoms with van der Waals surface area (Å²) in [5.74, 6) is -1.11. The first-order valence-corrected chi connectivity index (χ1v) is 11.9. The number of halogens is 2. The Hall–Kier alpha value is -2.81. The molecule has 0 unspecified atom stereocenters. The van der Waals surface area contributed by atoms with E-state index in [0.29, 0.717) is 24.9 Å². The quantitative estimate of drug-likeness (QED) is 0.537. The Kier molecular flexibility index (Phi) is 6.55. The molecule has 1 N–H and O–H groups in total. The molecule has 4 rings (SSSR count). The summed E-state index contributed by atoms with van der Waals surface area (Å²) in [6, 6.07) is 18.1. The Morgan fingerprint density at radius 1 is 0.938 bits per heavy atom. The van der Waals surface area contributed by atoms with Crippen LogP contribution in [0, 0.1) is 11.6 Å². The third-order valence-electron chi connectivity index (χ3n) is 5.48. The summed E-state index contributed by atoms with van der Waals surface area (Å²) in [6.45, 7) is 0.914. The predicted octanol–water partition coefficient (Wildman–Crippen LogP) is 4.36. The molecule has 0 saturated carbocycles. The van der Waals surface area contributed by atoms with Gasteiger partial charge in [-0.3, -0.25) is 0 Å². The highest BCUT2D eigenvalue weighted by molar-refractivity contribution is 7.90.